The molecule has 1 aromatic rings. The first-order valence-electron chi connectivity index (χ1n) is 2.28. The molecule has 0 aromatic carbocycles. The normalized spacial score (nSPS) is 6.62. The average molecular weight is 112 g/mol. The Hall–Kier alpha value is -1.05. The van der Waals surface area contributed by atoms with Gasteiger partial charge < -0.3 is 9.21 Å². The van der Waals surface area contributed by atoms with Gasteiger partial charge in [-0.25, -0.2) is 0 Å². The maximum Gasteiger partial charge on any atom is 0.116 e. The van der Waals surface area contributed by atoms with Crippen LogP contribution in [0, 0.1) is 0 Å². The lowest BCUT2D eigenvalue weighted by molar-refractivity contribution is -0.106. The van der Waals surface area contributed by atoms with Gasteiger partial charge in [0.25, 0.3) is 0 Å². The van der Waals surface area contributed by atoms with Crippen LogP contribution in [0.5, 0.6) is 0 Å². The fourth-order valence-electron chi connectivity index (χ4n) is 0.227. The van der Waals surface area contributed by atoms with Gasteiger partial charge >= 0.3 is 0 Å². The molecule has 0 aliphatic carbocycles. The Labute approximate surface area is 48.1 Å². The van der Waals surface area contributed by atoms with E-state index in [1.165, 1.54) is 6.92 Å². The minimum Gasteiger partial charge on any atom is -0.473 e. The van der Waals surface area contributed by atoms with Gasteiger partial charge in [-0.1, -0.05) is 0 Å². The van der Waals surface area contributed by atoms with Crippen molar-refractivity contribution in [2.24, 2.45) is 0 Å². The van der Waals surface area contributed by atoms with E-state index in [-0.39, 0.29) is 0 Å². The van der Waals surface area contributed by atoms with Gasteiger partial charge in [-0.15, -0.1) is 0 Å². The fraction of sp³-hybridized carbons (Fsp3) is 0.167. The van der Waals surface area contributed by atoms with E-state index in [1.54, 1.807) is 12.5 Å². The molecule has 0 radical (unpaired) electrons. The van der Waals surface area contributed by atoms with E-state index < -0.39 is 0 Å². The first kappa shape index (κ1) is 6.95. The maximum absolute atomic E-state index is 8.81. The Morgan fingerprint density at radius 2 is 1.75 bits per heavy atom. The van der Waals surface area contributed by atoms with Crippen LogP contribution in [0.2, 0.25) is 0 Å². The third kappa shape index (κ3) is 4.95. The van der Waals surface area contributed by atoms with Crippen LogP contribution in [-0.2, 0) is 4.79 Å². The second kappa shape index (κ2) is 5.95. The van der Waals surface area contributed by atoms with Crippen LogP contribution in [0.25, 0.3) is 0 Å². The van der Waals surface area contributed by atoms with E-state index in [9.17, 15) is 0 Å². The van der Waals surface area contributed by atoms with E-state index >= 15 is 0 Å². The van der Waals surface area contributed by atoms with Crippen molar-refractivity contribution in [3.63, 3.8) is 0 Å². The second-order valence-corrected chi connectivity index (χ2v) is 1.03. The molecule has 0 fully saturated rings. The van der Waals surface area contributed by atoms with Gasteiger partial charge in [-0.05, 0) is 19.1 Å². The summed E-state index contributed by atoms with van der Waals surface area (Å²) in [5, 5.41) is 0. The highest BCUT2D eigenvalue weighted by Crippen LogP contribution is 1.79. The van der Waals surface area contributed by atoms with Crippen molar-refractivity contribution in [1.29, 1.82) is 0 Å². The molecule has 0 aliphatic heterocycles. The smallest absolute Gasteiger partial charge is 0.116 e. The molecule has 1 aromatic heterocycles. The molecule has 0 atom stereocenters. The van der Waals surface area contributed by atoms with E-state index in [1.807, 2.05) is 12.1 Å². The van der Waals surface area contributed by atoms with Crippen molar-refractivity contribution in [3.05, 3.63) is 24.7 Å². The van der Waals surface area contributed by atoms with Gasteiger partial charge in [0.15, 0.2) is 0 Å². The predicted octanol–water partition coefficient (Wildman–Crippen LogP) is 1.48. The molecule has 2 heteroatoms. The van der Waals surface area contributed by atoms with Gasteiger partial charge in [-0.2, -0.15) is 0 Å². The summed E-state index contributed by atoms with van der Waals surface area (Å²) in [7, 11) is 0. The lowest BCUT2D eigenvalue weighted by atomic mass is 10.7. The molecular formula is C6H8O2. The third-order valence-corrected chi connectivity index (χ3v) is 0.425. The van der Waals surface area contributed by atoms with Crippen molar-refractivity contribution in [2.45, 2.75) is 6.92 Å². The Bertz CT molecular complexity index is 92.9. The first-order valence-corrected chi connectivity index (χ1v) is 2.28. The van der Waals surface area contributed by atoms with Crippen LogP contribution in [-0.4, -0.2) is 6.29 Å². The van der Waals surface area contributed by atoms with Crippen LogP contribution in [0.3, 0.4) is 0 Å². The minimum absolute atomic E-state index is 0.750. The van der Waals surface area contributed by atoms with Gasteiger partial charge in [0.1, 0.15) is 6.29 Å². The molecule has 2 nitrogen and oxygen atoms in total. The van der Waals surface area contributed by atoms with E-state index in [0.29, 0.717) is 0 Å². The van der Waals surface area contributed by atoms with Crippen molar-refractivity contribution in [3.8, 4) is 0 Å². The van der Waals surface area contributed by atoms with Gasteiger partial charge in [0, 0.05) is 0 Å². The molecule has 0 bridgehead atoms. The zero-order valence-corrected chi connectivity index (χ0v) is 4.70. The Balaban J connectivity index is 0.000000145. The maximum atomic E-state index is 8.81. The third-order valence-electron chi connectivity index (χ3n) is 0.425. The first-order chi connectivity index (χ1) is 3.91. The van der Waals surface area contributed by atoms with Crippen LogP contribution in [0.4, 0.5) is 0 Å². The summed E-state index contributed by atoms with van der Waals surface area (Å²) in [4.78, 5) is 8.81. The Morgan fingerprint density at radius 3 is 1.88 bits per heavy atom. The quantitative estimate of drug-likeness (QED) is 0.476. The Kier molecular flexibility index (Phi) is 5.17. The van der Waals surface area contributed by atoms with Crippen LogP contribution in [0.1, 0.15) is 6.92 Å². The molecule has 8 heavy (non-hydrogen) atoms. The van der Waals surface area contributed by atoms with Gasteiger partial charge in [0.05, 0.1) is 12.5 Å². The molecular weight excluding hydrogens is 104 g/mol. The molecule has 1 heterocycles. The molecule has 44 valence electrons. The van der Waals surface area contributed by atoms with Crippen LogP contribution >= 0.6 is 0 Å². The summed E-state index contributed by atoms with van der Waals surface area (Å²) in [5.74, 6) is 0. The number of hydrogen-bond donors (Lipinski definition) is 0. The predicted molar refractivity (Wildman–Crippen MR) is 30.4 cm³/mol. The zero-order chi connectivity index (χ0) is 6.24. The molecule has 0 saturated heterocycles. The highest BCUT2D eigenvalue weighted by molar-refractivity contribution is 5.44. The average Bonchev–Trinajstić information content (AvgIpc) is 2.17. The van der Waals surface area contributed by atoms with Gasteiger partial charge in [-0.3, -0.25) is 0 Å². The van der Waals surface area contributed by atoms with E-state index in [4.69, 9.17) is 4.79 Å². The van der Waals surface area contributed by atoms with E-state index in [2.05, 4.69) is 4.42 Å². The number of aldehydes is 1. The monoisotopic (exact) mass is 112 g/mol. The largest absolute Gasteiger partial charge is 0.473 e. The van der Waals surface area contributed by atoms with Crippen molar-refractivity contribution in [2.75, 3.05) is 0 Å². The summed E-state index contributed by atoms with van der Waals surface area (Å²) < 4.78 is 4.58. The lowest BCUT2D eigenvalue weighted by Crippen LogP contribution is -1.36. The Morgan fingerprint density at radius 1 is 1.38 bits per heavy atom. The second-order valence-electron chi connectivity index (χ2n) is 1.03. The molecule has 0 aliphatic rings. The van der Waals surface area contributed by atoms with Crippen molar-refractivity contribution < 1.29 is 9.21 Å². The van der Waals surface area contributed by atoms with E-state index in [0.717, 1.165) is 6.29 Å². The molecule has 0 spiro atoms. The highest BCUT2D eigenvalue weighted by Gasteiger charge is 1.58. The van der Waals surface area contributed by atoms with Crippen molar-refractivity contribution >= 4 is 6.29 Å². The number of hydrogen-bond acceptors (Lipinski definition) is 2. The molecule has 0 amide bonds. The summed E-state index contributed by atoms with van der Waals surface area (Å²) in [6.07, 6.45) is 4.00. The SMILES string of the molecule is CC=O.c1ccoc1. The lowest BCUT2D eigenvalue weighted by Gasteiger charge is -1.50. The number of carbonyl (C=O) groups is 1. The van der Waals surface area contributed by atoms with Crippen molar-refractivity contribution in [1.82, 2.24) is 0 Å². The molecule has 0 saturated carbocycles. The number of rotatable bonds is 0. The fourth-order valence-corrected chi connectivity index (χ4v) is 0.227. The molecule has 1 rings (SSSR count). The molecule has 0 unspecified atom stereocenters. The summed E-state index contributed by atoms with van der Waals surface area (Å²) in [6, 6.07) is 3.67. The zero-order valence-electron chi connectivity index (χ0n) is 4.70. The highest BCUT2D eigenvalue weighted by atomic mass is 16.3. The minimum atomic E-state index is 0.750. The summed E-state index contributed by atoms with van der Waals surface area (Å²) in [6.45, 7) is 1.44. The topological polar surface area (TPSA) is 30.2 Å². The number of carbonyl (C=O) groups excluding carboxylic acids is 1. The number of furan rings is 1. The standard InChI is InChI=1S/C4H4O.C2H4O/c1-2-4-5-3-1;1-2-3/h1-4H;2H,1H3. The van der Waals surface area contributed by atoms with Crippen LogP contribution in [0.15, 0.2) is 29.1 Å². The van der Waals surface area contributed by atoms with Crippen LogP contribution < -0.4 is 0 Å². The molecule has 0 N–H and O–H groups in total. The van der Waals surface area contributed by atoms with Gasteiger partial charge in [0.2, 0.25) is 0 Å². The summed E-state index contributed by atoms with van der Waals surface area (Å²) >= 11 is 0. The summed E-state index contributed by atoms with van der Waals surface area (Å²) in [5.41, 5.74) is 0.